The third-order valence-electron chi connectivity index (χ3n) is 11.1. The van der Waals surface area contributed by atoms with Crippen LogP contribution in [0.1, 0.15) is 101 Å². The third-order valence-corrected chi connectivity index (χ3v) is 11.3. The smallest absolute Gasteiger partial charge is 0.332 e. The molecule has 0 saturated heterocycles. The Bertz CT molecular complexity index is 1630. The predicted octanol–water partition coefficient (Wildman–Crippen LogP) is 8.80. The molecule has 2 aromatic carbocycles. The summed E-state index contributed by atoms with van der Waals surface area (Å²) in [7, 11) is 0. The molecule has 250 valence electrons. The third kappa shape index (κ3) is 6.16. The number of benzene rings is 2. The van der Waals surface area contributed by atoms with Crippen LogP contribution < -0.4 is 19.5 Å². The van der Waals surface area contributed by atoms with Gasteiger partial charge in [-0.25, -0.2) is 4.79 Å². The van der Waals surface area contributed by atoms with Crippen molar-refractivity contribution in [3.63, 3.8) is 0 Å². The number of hydrogen-bond acceptors (Lipinski definition) is 7. The lowest BCUT2D eigenvalue weighted by atomic mass is 9.59. The molecule has 4 aliphatic rings. The highest BCUT2D eigenvalue weighted by atomic mass is 35.5. The number of esters is 1. The summed E-state index contributed by atoms with van der Waals surface area (Å²) in [4.78, 5) is 18.5. The van der Waals surface area contributed by atoms with E-state index in [2.05, 4.69) is 36.3 Å². The number of nitrogens with zero attached hydrogens (tertiary/aromatic N) is 1. The first-order valence-corrected chi connectivity index (χ1v) is 17.8. The van der Waals surface area contributed by atoms with Gasteiger partial charge in [-0.1, -0.05) is 31.5 Å². The van der Waals surface area contributed by atoms with Crippen molar-refractivity contribution in [3.05, 3.63) is 76.1 Å². The largest absolute Gasteiger partial charge is 0.493 e. The van der Waals surface area contributed by atoms with E-state index in [9.17, 15) is 4.79 Å². The minimum absolute atomic E-state index is 0.0907. The molecule has 1 aliphatic heterocycles. The fraction of sp³-hybridized carbons (Fsp3) is 0.538. The molecule has 1 N–H and O–H groups in total. The van der Waals surface area contributed by atoms with Crippen LogP contribution in [0.3, 0.4) is 0 Å². The number of fused-ring (bicyclic) bond motifs is 4. The average Bonchev–Trinajstić information content (AvgIpc) is 3.61. The fourth-order valence-corrected chi connectivity index (χ4v) is 9.00. The van der Waals surface area contributed by atoms with E-state index in [0.717, 1.165) is 55.0 Å². The van der Waals surface area contributed by atoms with Gasteiger partial charge in [0, 0.05) is 28.2 Å². The van der Waals surface area contributed by atoms with E-state index in [0.29, 0.717) is 42.2 Å². The van der Waals surface area contributed by atoms with Gasteiger partial charge in [-0.05, 0) is 142 Å². The molecule has 0 radical (unpaired) electrons. The summed E-state index contributed by atoms with van der Waals surface area (Å²) < 4.78 is 24.2. The van der Waals surface area contributed by atoms with Crippen LogP contribution in [0.4, 0.5) is 5.69 Å². The first-order chi connectivity index (χ1) is 22.7. The molecule has 1 fully saturated rings. The summed E-state index contributed by atoms with van der Waals surface area (Å²) in [6.07, 6.45) is 10.1. The Hall–Kier alpha value is -3.45. The minimum atomic E-state index is -0.838. The molecular weight excluding hydrogens is 612 g/mol. The van der Waals surface area contributed by atoms with Gasteiger partial charge in [-0.3, -0.25) is 4.98 Å². The van der Waals surface area contributed by atoms with Crippen molar-refractivity contribution in [3.8, 4) is 17.2 Å². The van der Waals surface area contributed by atoms with Crippen LogP contribution in [0.2, 0.25) is 5.02 Å². The number of pyridine rings is 1. The zero-order valence-electron chi connectivity index (χ0n) is 28.1. The van der Waals surface area contributed by atoms with Crippen molar-refractivity contribution >= 4 is 23.3 Å². The van der Waals surface area contributed by atoms with E-state index in [4.69, 9.17) is 30.5 Å². The van der Waals surface area contributed by atoms with E-state index in [1.54, 1.807) is 0 Å². The second kappa shape index (κ2) is 12.9. The van der Waals surface area contributed by atoms with Crippen molar-refractivity contribution in [2.24, 2.45) is 11.8 Å². The Balaban J connectivity index is 1.15. The van der Waals surface area contributed by atoms with Crippen LogP contribution in [0.25, 0.3) is 0 Å². The zero-order chi connectivity index (χ0) is 32.8. The molecular formula is C39H47ClN2O5. The molecule has 7 rings (SSSR count). The number of anilines is 1. The summed E-state index contributed by atoms with van der Waals surface area (Å²) in [5.41, 5.74) is 5.09. The normalized spacial score (nSPS) is 26.5. The van der Waals surface area contributed by atoms with E-state index in [-0.39, 0.29) is 24.3 Å². The molecule has 8 heteroatoms. The number of aromatic nitrogens is 1. The number of carbonyl (C=O) groups is 1. The number of rotatable bonds is 9. The second-order valence-corrected chi connectivity index (χ2v) is 15.1. The van der Waals surface area contributed by atoms with Gasteiger partial charge in [0.15, 0.2) is 11.5 Å². The maximum absolute atomic E-state index is 13.9. The summed E-state index contributed by atoms with van der Waals surface area (Å²) in [6, 6.07) is 14.1. The molecule has 1 spiro atoms. The number of nitrogens with one attached hydrogen (secondary N) is 1. The van der Waals surface area contributed by atoms with Crippen molar-refractivity contribution in [2.75, 3.05) is 18.7 Å². The Morgan fingerprint density at radius 3 is 2.64 bits per heavy atom. The molecule has 3 atom stereocenters. The lowest BCUT2D eigenvalue weighted by molar-refractivity contribution is -0.155. The second-order valence-electron chi connectivity index (χ2n) is 14.7. The van der Waals surface area contributed by atoms with Gasteiger partial charge in [-0.15, -0.1) is 0 Å². The molecule has 0 bridgehead atoms. The molecule has 1 aromatic heterocycles. The van der Waals surface area contributed by atoms with Crippen LogP contribution in [0.15, 0.2) is 48.7 Å². The van der Waals surface area contributed by atoms with Crippen molar-refractivity contribution in [1.82, 2.24) is 4.98 Å². The quantitative estimate of drug-likeness (QED) is 0.230. The van der Waals surface area contributed by atoms with Crippen LogP contribution in [0, 0.1) is 11.8 Å². The number of ether oxygens (including phenoxy) is 4. The molecule has 3 aromatic rings. The van der Waals surface area contributed by atoms with Gasteiger partial charge in [0.05, 0.1) is 12.7 Å². The highest BCUT2D eigenvalue weighted by molar-refractivity contribution is 6.30. The summed E-state index contributed by atoms with van der Waals surface area (Å²) in [5, 5.41) is 4.24. The maximum Gasteiger partial charge on any atom is 0.332 e. The van der Waals surface area contributed by atoms with E-state index in [1.807, 2.05) is 50.4 Å². The molecule has 0 amide bonds. The van der Waals surface area contributed by atoms with Gasteiger partial charge in [0.25, 0.3) is 0 Å². The molecule has 3 aliphatic carbocycles. The van der Waals surface area contributed by atoms with Gasteiger partial charge >= 0.3 is 5.97 Å². The lowest BCUT2D eigenvalue weighted by Crippen LogP contribution is -2.54. The number of carbonyl (C=O) groups excluding carboxylic acids is 1. The lowest BCUT2D eigenvalue weighted by Gasteiger charge is -2.48. The summed E-state index contributed by atoms with van der Waals surface area (Å²) >= 11 is 6.36. The Morgan fingerprint density at radius 1 is 1.09 bits per heavy atom. The maximum atomic E-state index is 13.9. The van der Waals surface area contributed by atoms with Gasteiger partial charge in [0.1, 0.15) is 11.3 Å². The number of hydrogen-bond donors (Lipinski definition) is 1. The Morgan fingerprint density at radius 2 is 1.87 bits per heavy atom. The molecule has 1 saturated carbocycles. The molecule has 0 unspecified atom stereocenters. The first kappa shape index (κ1) is 32.1. The van der Waals surface area contributed by atoms with Gasteiger partial charge in [0.2, 0.25) is 6.79 Å². The van der Waals surface area contributed by atoms with Crippen LogP contribution in [0.5, 0.6) is 17.2 Å². The van der Waals surface area contributed by atoms with E-state index >= 15 is 0 Å². The summed E-state index contributed by atoms with van der Waals surface area (Å²) in [5.74, 6) is 3.68. The zero-order valence-corrected chi connectivity index (χ0v) is 28.8. The van der Waals surface area contributed by atoms with Crippen molar-refractivity contribution in [1.29, 1.82) is 0 Å². The standard InChI is InChI=1S/C39H47ClN2O5/c1-24(2)47-37(43)39(42-30-9-6-8-29(40)20-30)14-12-38(13-15-39)28(18-27-19-34-35(21-31(27)38)46-23-45-34)17-25(3)22-44-33-11-16-41-32-10-5-7-26(4)36(32)33/h6,8-9,11,16,19-21,24-26,28,42H,5,7,10,12-15,17-18,22-23H2,1-4H3/t25-,26-,28+,38?,39?/m1/s1. The van der Waals surface area contributed by atoms with Crippen LogP contribution in [-0.4, -0.2) is 36.0 Å². The molecule has 7 nitrogen and oxygen atoms in total. The van der Waals surface area contributed by atoms with Crippen molar-refractivity contribution in [2.45, 2.75) is 108 Å². The SMILES string of the molecule is CC(C)OC(=O)C1(Nc2cccc(Cl)c2)CCC2(CC1)c1cc3c(cc1C[C@@H]2C[C@@H](C)COc1ccnc2c1[C@H](C)CCC2)OCO3. The topological polar surface area (TPSA) is 78.9 Å². The monoisotopic (exact) mass is 658 g/mol. The summed E-state index contributed by atoms with van der Waals surface area (Å²) in [6.45, 7) is 9.35. The Kier molecular flexibility index (Phi) is 8.79. The average molecular weight is 659 g/mol. The number of aryl methyl sites for hydroxylation is 1. The fourth-order valence-electron chi connectivity index (χ4n) is 8.81. The number of halogens is 1. The van der Waals surface area contributed by atoms with Crippen molar-refractivity contribution < 1.29 is 23.7 Å². The highest BCUT2D eigenvalue weighted by Crippen LogP contribution is 2.58. The van der Waals surface area contributed by atoms with Gasteiger partial charge in [-0.2, -0.15) is 0 Å². The highest BCUT2D eigenvalue weighted by Gasteiger charge is 2.55. The molecule has 2 heterocycles. The minimum Gasteiger partial charge on any atom is -0.493 e. The predicted molar refractivity (Wildman–Crippen MR) is 184 cm³/mol. The van der Waals surface area contributed by atoms with Crippen LogP contribution >= 0.6 is 11.6 Å². The molecule has 47 heavy (non-hydrogen) atoms. The Labute approximate surface area is 283 Å². The van der Waals surface area contributed by atoms with E-state index in [1.165, 1.54) is 35.2 Å². The van der Waals surface area contributed by atoms with E-state index < -0.39 is 5.54 Å². The van der Waals surface area contributed by atoms with Gasteiger partial charge < -0.3 is 24.3 Å². The first-order valence-electron chi connectivity index (χ1n) is 17.4. The van der Waals surface area contributed by atoms with Crippen LogP contribution in [-0.2, 0) is 27.8 Å².